The smallest absolute Gasteiger partial charge is 0.338 e. The van der Waals surface area contributed by atoms with Gasteiger partial charge in [0.1, 0.15) is 19.3 Å². The van der Waals surface area contributed by atoms with Crippen LogP contribution in [-0.4, -0.2) is 51.2 Å². The summed E-state index contributed by atoms with van der Waals surface area (Å²) in [6.45, 7) is 9.22. The van der Waals surface area contributed by atoms with E-state index in [1.54, 1.807) is 26.2 Å². The fourth-order valence-electron chi connectivity index (χ4n) is 5.56. The summed E-state index contributed by atoms with van der Waals surface area (Å²) in [6.07, 6.45) is 2.55. The van der Waals surface area contributed by atoms with Crippen LogP contribution >= 0.6 is 11.3 Å². The highest BCUT2D eigenvalue weighted by molar-refractivity contribution is 7.07. The lowest BCUT2D eigenvalue weighted by Gasteiger charge is -2.27. The molecule has 258 valence electrons. The molecular formula is C38H42N2O8S. The maximum absolute atomic E-state index is 14.3. The Morgan fingerprint density at radius 2 is 1.73 bits per heavy atom. The molecule has 0 fully saturated rings. The molecule has 0 saturated heterocycles. The van der Waals surface area contributed by atoms with Crippen molar-refractivity contribution < 1.29 is 33.2 Å². The number of esters is 1. The van der Waals surface area contributed by atoms with Crippen molar-refractivity contribution in [1.29, 1.82) is 0 Å². The number of ether oxygens (including phenoxy) is 6. The average molecular weight is 687 g/mol. The molecule has 4 aromatic rings. The molecule has 0 unspecified atom stereocenters. The van der Waals surface area contributed by atoms with Gasteiger partial charge < -0.3 is 28.4 Å². The molecule has 0 saturated carbocycles. The first kappa shape index (κ1) is 35.4. The molecule has 1 atom stereocenters. The van der Waals surface area contributed by atoms with Crippen molar-refractivity contribution in [3.05, 3.63) is 114 Å². The Labute approximate surface area is 289 Å². The number of para-hydroxylation sites is 1. The van der Waals surface area contributed by atoms with Gasteiger partial charge in [-0.3, -0.25) is 9.36 Å². The van der Waals surface area contributed by atoms with Gasteiger partial charge in [0.2, 0.25) is 0 Å². The predicted octanol–water partition coefficient (Wildman–Crippen LogP) is 5.51. The van der Waals surface area contributed by atoms with Crippen molar-refractivity contribution >= 4 is 23.4 Å². The molecule has 0 amide bonds. The van der Waals surface area contributed by atoms with Crippen molar-refractivity contribution in [2.24, 2.45) is 4.99 Å². The largest absolute Gasteiger partial charge is 0.493 e. The molecular weight excluding hydrogens is 644 g/mol. The van der Waals surface area contributed by atoms with Gasteiger partial charge in [-0.15, -0.1) is 0 Å². The SMILES string of the molecule is CCCOc1c(OC)cccc1[C@@H]1C(C(=O)OCCOC)=C(C)N=c2s/c(=C/c3ccc(OCc4cccc(C)c4)c(OCC)c3)c(=O)n21. The first-order chi connectivity index (χ1) is 23.8. The van der Waals surface area contributed by atoms with Gasteiger partial charge in [0.05, 0.1) is 42.7 Å². The summed E-state index contributed by atoms with van der Waals surface area (Å²) in [5.41, 5.74) is 3.91. The van der Waals surface area contributed by atoms with Crippen LogP contribution in [0, 0.1) is 6.92 Å². The van der Waals surface area contributed by atoms with E-state index in [2.05, 4.69) is 6.07 Å². The van der Waals surface area contributed by atoms with Crippen LogP contribution < -0.4 is 33.8 Å². The number of aryl methyl sites for hydroxylation is 1. The monoisotopic (exact) mass is 686 g/mol. The van der Waals surface area contributed by atoms with E-state index in [4.69, 9.17) is 33.4 Å². The van der Waals surface area contributed by atoms with Crippen LogP contribution in [0.15, 0.2) is 81.7 Å². The molecule has 5 rings (SSSR count). The highest BCUT2D eigenvalue weighted by atomic mass is 32.1. The van der Waals surface area contributed by atoms with Gasteiger partial charge >= 0.3 is 5.97 Å². The number of benzene rings is 3. The number of allylic oxidation sites excluding steroid dienone is 1. The van der Waals surface area contributed by atoms with Crippen LogP contribution in [0.3, 0.4) is 0 Å². The minimum absolute atomic E-state index is 0.0490. The number of thiazole rings is 1. The van der Waals surface area contributed by atoms with Crippen LogP contribution in [0.5, 0.6) is 23.0 Å². The van der Waals surface area contributed by atoms with E-state index in [9.17, 15) is 9.59 Å². The van der Waals surface area contributed by atoms with Gasteiger partial charge in [0.25, 0.3) is 5.56 Å². The number of carbonyl (C=O) groups excluding carboxylic acids is 1. The molecule has 0 aliphatic carbocycles. The summed E-state index contributed by atoms with van der Waals surface area (Å²) >= 11 is 1.24. The zero-order valence-electron chi connectivity index (χ0n) is 28.7. The lowest BCUT2D eigenvalue weighted by molar-refractivity contribution is -0.140. The third kappa shape index (κ3) is 8.06. The first-order valence-corrected chi connectivity index (χ1v) is 17.0. The number of hydrogen-bond donors (Lipinski definition) is 0. The molecule has 0 spiro atoms. The second kappa shape index (κ2) is 16.5. The Morgan fingerprint density at radius 3 is 2.47 bits per heavy atom. The highest BCUT2D eigenvalue weighted by Crippen LogP contribution is 2.41. The second-order valence-corrected chi connectivity index (χ2v) is 12.4. The van der Waals surface area contributed by atoms with Crippen molar-refractivity contribution in [1.82, 2.24) is 4.57 Å². The van der Waals surface area contributed by atoms with Gasteiger partial charge in [0, 0.05) is 12.7 Å². The number of methoxy groups -OCH3 is 2. The maximum atomic E-state index is 14.3. The number of nitrogens with zero attached hydrogens (tertiary/aromatic N) is 2. The number of rotatable bonds is 15. The third-order valence-electron chi connectivity index (χ3n) is 7.78. The molecule has 3 aromatic carbocycles. The standard InChI is InChI=1S/C38H42N2O8S/c1-7-17-46-35-28(13-10-14-30(35)44-6)34-33(37(42)47-19-18-43-5)25(4)39-38-40(34)36(41)32(49-38)22-26-15-16-29(31(21-26)45-8-2)48-23-27-12-9-11-24(3)20-27/h9-16,20-22,34H,7-8,17-19,23H2,1-6H3/b32-22+/t34-/m1/s1. The molecule has 1 aliphatic heterocycles. The van der Waals surface area contributed by atoms with Crippen LogP contribution in [0.4, 0.5) is 0 Å². The lowest BCUT2D eigenvalue weighted by Crippen LogP contribution is -2.40. The topological polar surface area (TPSA) is 107 Å². The minimum atomic E-state index is -0.883. The number of fused-ring (bicyclic) bond motifs is 1. The van der Waals surface area contributed by atoms with E-state index in [1.807, 2.05) is 69.3 Å². The Balaban J connectivity index is 1.60. The fraction of sp³-hybridized carbons (Fsp3) is 0.342. The second-order valence-electron chi connectivity index (χ2n) is 11.4. The van der Waals surface area contributed by atoms with Crippen LogP contribution in [0.1, 0.15) is 55.5 Å². The maximum Gasteiger partial charge on any atom is 0.338 e. The third-order valence-corrected chi connectivity index (χ3v) is 8.76. The first-order valence-electron chi connectivity index (χ1n) is 16.2. The van der Waals surface area contributed by atoms with Crippen molar-refractivity contribution in [2.75, 3.05) is 40.6 Å². The summed E-state index contributed by atoms with van der Waals surface area (Å²) < 4.78 is 36.5. The van der Waals surface area contributed by atoms with Crippen molar-refractivity contribution in [3.8, 4) is 23.0 Å². The summed E-state index contributed by atoms with van der Waals surface area (Å²) in [6, 6.07) is 18.3. The Hall–Kier alpha value is -4.87. The van der Waals surface area contributed by atoms with Gasteiger partial charge in [-0.2, -0.15) is 0 Å². The molecule has 1 aliphatic rings. The number of carbonyl (C=O) groups is 1. The molecule has 1 aromatic heterocycles. The average Bonchev–Trinajstić information content (AvgIpc) is 3.39. The van der Waals surface area contributed by atoms with Crippen LogP contribution in [0.25, 0.3) is 6.08 Å². The Morgan fingerprint density at radius 1 is 0.918 bits per heavy atom. The van der Waals surface area contributed by atoms with Crippen molar-refractivity contribution in [2.45, 2.75) is 46.8 Å². The predicted molar refractivity (Wildman–Crippen MR) is 189 cm³/mol. The highest BCUT2D eigenvalue weighted by Gasteiger charge is 2.36. The van der Waals surface area contributed by atoms with Crippen molar-refractivity contribution in [3.63, 3.8) is 0 Å². The number of hydrogen-bond acceptors (Lipinski definition) is 10. The molecule has 49 heavy (non-hydrogen) atoms. The van der Waals surface area contributed by atoms with E-state index < -0.39 is 12.0 Å². The van der Waals surface area contributed by atoms with Crippen LogP contribution in [0.2, 0.25) is 0 Å². The summed E-state index contributed by atoms with van der Waals surface area (Å²) in [5, 5.41) is 0. The molecule has 10 nitrogen and oxygen atoms in total. The van der Waals surface area contributed by atoms with E-state index >= 15 is 0 Å². The lowest BCUT2D eigenvalue weighted by atomic mass is 9.94. The minimum Gasteiger partial charge on any atom is -0.493 e. The normalized spacial score (nSPS) is 14.2. The van der Waals surface area contributed by atoms with Gasteiger partial charge in [0.15, 0.2) is 27.8 Å². The molecule has 11 heteroatoms. The van der Waals surface area contributed by atoms with Crippen LogP contribution in [-0.2, 0) is 20.9 Å². The van der Waals surface area contributed by atoms with E-state index in [0.29, 0.717) is 63.4 Å². The molecule has 2 heterocycles. The Bertz CT molecular complexity index is 2010. The van der Waals surface area contributed by atoms with Gasteiger partial charge in [-0.1, -0.05) is 66.3 Å². The molecule has 0 bridgehead atoms. The van der Waals surface area contributed by atoms with Gasteiger partial charge in [-0.05, 0) is 62.6 Å². The Kier molecular flexibility index (Phi) is 11.9. The molecule has 0 N–H and O–H groups in total. The number of aromatic nitrogens is 1. The molecule has 0 radical (unpaired) electrons. The summed E-state index contributed by atoms with van der Waals surface area (Å²) in [7, 11) is 3.09. The van der Waals surface area contributed by atoms with E-state index in [1.165, 1.54) is 23.0 Å². The zero-order valence-corrected chi connectivity index (χ0v) is 29.6. The van der Waals surface area contributed by atoms with E-state index in [0.717, 1.165) is 23.1 Å². The van der Waals surface area contributed by atoms with E-state index in [-0.39, 0.29) is 24.3 Å². The van der Waals surface area contributed by atoms with Gasteiger partial charge in [-0.25, -0.2) is 9.79 Å². The summed E-state index contributed by atoms with van der Waals surface area (Å²) in [5.74, 6) is 1.52. The fourth-order valence-corrected chi connectivity index (χ4v) is 6.60. The quantitative estimate of drug-likeness (QED) is 0.119. The summed E-state index contributed by atoms with van der Waals surface area (Å²) in [4.78, 5) is 33.2. The zero-order chi connectivity index (χ0) is 34.9.